The summed E-state index contributed by atoms with van der Waals surface area (Å²) in [4.78, 5) is 11.7. The number of carbonyl (C=O) groups is 1. The molecule has 0 radical (unpaired) electrons. The molecule has 0 aromatic heterocycles. The highest BCUT2D eigenvalue weighted by Gasteiger charge is 2.26. The maximum absolute atomic E-state index is 14.6. The number of hydrogen-bond acceptors (Lipinski definition) is 4. The minimum absolute atomic E-state index is 0.0625. The molecule has 0 heterocycles. The molecule has 26 heavy (non-hydrogen) atoms. The highest BCUT2D eigenvalue weighted by atomic mass is 19.1. The molecular weight excluding hydrogens is 340 g/mol. The smallest absolute Gasteiger partial charge is 0.411 e. The van der Waals surface area contributed by atoms with Crippen molar-refractivity contribution < 1.29 is 18.3 Å². The van der Waals surface area contributed by atoms with E-state index in [1.165, 1.54) is 6.07 Å². The lowest BCUT2D eigenvalue weighted by Crippen LogP contribution is -2.17. The van der Waals surface area contributed by atoms with Crippen molar-refractivity contribution in [2.75, 3.05) is 16.4 Å². The number of halogens is 2. The van der Waals surface area contributed by atoms with Gasteiger partial charge < -0.3 is 15.8 Å². The topological polar surface area (TPSA) is 76.4 Å². The van der Waals surface area contributed by atoms with Crippen LogP contribution in [0.25, 0.3) is 0 Å². The number of nitrogens with two attached hydrogens (primary N) is 1. The Morgan fingerprint density at radius 1 is 1.27 bits per heavy atom. The fourth-order valence-electron chi connectivity index (χ4n) is 2.57. The predicted molar refractivity (Wildman–Crippen MR) is 97.1 cm³/mol. The highest BCUT2D eigenvalue weighted by Crippen LogP contribution is 2.33. The molecule has 7 heteroatoms. The number of anilines is 3. The lowest BCUT2D eigenvalue weighted by atomic mass is 10.1. The number of nitrogens with one attached hydrogen (secondary N) is 2. The average Bonchev–Trinajstić information content (AvgIpc) is 3.37. The first-order chi connectivity index (χ1) is 12.3. The lowest BCUT2D eigenvalue weighted by Gasteiger charge is -2.16. The van der Waals surface area contributed by atoms with Crippen molar-refractivity contribution in [2.24, 2.45) is 0 Å². The number of nitrogen functional groups attached to an aromatic ring is 1. The van der Waals surface area contributed by atoms with Crippen LogP contribution in [-0.2, 0) is 11.3 Å². The van der Waals surface area contributed by atoms with E-state index >= 15 is 0 Å². The van der Waals surface area contributed by atoms with E-state index in [1.54, 1.807) is 32.0 Å². The molecule has 0 unspecified atom stereocenters. The number of aryl methyl sites for hydroxylation is 2. The number of benzene rings is 2. The third kappa shape index (κ3) is 4.04. The Balaban J connectivity index is 1.75. The maximum atomic E-state index is 14.6. The predicted octanol–water partition coefficient (Wildman–Crippen LogP) is 4.49. The molecule has 1 saturated carbocycles. The van der Waals surface area contributed by atoms with Crippen LogP contribution in [-0.4, -0.2) is 12.2 Å². The van der Waals surface area contributed by atoms with Crippen molar-refractivity contribution in [1.82, 2.24) is 0 Å². The normalized spacial score (nSPS) is 13.4. The minimum Gasteiger partial charge on any atom is -0.446 e. The number of hydrogen-bond donors (Lipinski definition) is 3. The quantitative estimate of drug-likeness (QED) is 0.686. The third-order valence-corrected chi connectivity index (χ3v) is 4.20. The van der Waals surface area contributed by atoms with Crippen LogP contribution in [0.3, 0.4) is 0 Å². The second kappa shape index (κ2) is 7.19. The zero-order valence-electron chi connectivity index (χ0n) is 14.7. The first-order valence-corrected chi connectivity index (χ1v) is 8.40. The van der Waals surface area contributed by atoms with E-state index < -0.39 is 11.9 Å². The second-order valence-corrected chi connectivity index (χ2v) is 6.52. The van der Waals surface area contributed by atoms with Gasteiger partial charge in [-0.05, 0) is 49.9 Å². The highest BCUT2D eigenvalue weighted by molar-refractivity contribution is 5.90. The van der Waals surface area contributed by atoms with Gasteiger partial charge in [0.1, 0.15) is 11.9 Å². The van der Waals surface area contributed by atoms with Crippen molar-refractivity contribution in [3.8, 4) is 0 Å². The van der Waals surface area contributed by atoms with E-state index in [-0.39, 0.29) is 35.5 Å². The molecule has 3 rings (SSSR count). The SMILES string of the molecule is Cc1ccc(CNc2c(C)cc(NC(=O)OC3CC3)c(N)c2F)c(F)c1. The third-order valence-electron chi connectivity index (χ3n) is 4.20. The molecule has 0 atom stereocenters. The summed E-state index contributed by atoms with van der Waals surface area (Å²) in [6, 6.07) is 6.42. The zero-order valence-corrected chi connectivity index (χ0v) is 14.7. The molecule has 0 aliphatic heterocycles. The van der Waals surface area contributed by atoms with E-state index in [0.717, 1.165) is 18.4 Å². The summed E-state index contributed by atoms with van der Waals surface area (Å²) in [6.45, 7) is 3.58. The monoisotopic (exact) mass is 361 g/mol. The van der Waals surface area contributed by atoms with Gasteiger partial charge in [0.25, 0.3) is 0 Å². The summed E-state index contributed by atoms with van der Waals surface area (Å²) >= 11 is 0. The fraction of sp³-hybridized carbons (Fsp3) is 0.316. The van der Waals surface area contributed by atoms with Crippen LogP contribution in [0.5, 0.6) is 0 Å². The number of ether oxygens (including phenoxy) is 1. The van der Waals surface area contributed by atoms with Crippen molar-refractivity contribution in [2.45, 2.75) is 39.3 Å². The Kier molecular flexibility index (Phi) is 4.97. The molecule has 0 bridgehead atoms. The van der Waals surface area contributed by atoms with Crippen LogP contribution in [0.2, 0.25) is 0 Å². The molecule has 1 aliphatic carbocycles. The second-order valence-electron chi connectivity index (χ2n) is 6.52. The maximum Gasteiger partial charge on any atom is 0.411 e. The molecule has 1 fully saturated rings. The first kappa shape index (κ1) is 18.0. The van der Waals surface area contributed by atoms with Crippen LogP contribution >= 0.6 is 0 Å². The molecule has 1 amide bonds. The van der Waals surface area contributed by atoms with Gasteiger partial charge in [-0.15, -0.1) is 0 Å². The molecular formula is C19H21F2N3O2. The Labute approximate surface area is 150 Å². The van der Waals surface area contributed by atoms with E-state index in [2.05, 4.69) is 10.6 Å². The van der Waals surface area contributed by atoms with E-state index in [1.807, 2.05) is 0 Å². The molecule has 2 aromatic rings. The van der Waals surface area contributed by atoms with Gasteiger partial charge >= 0.3 is 6.09 Å². The van der Waals surface area contributed by atoms with Crippen LogP contribution < -0.4 is 16.4 Å². The summed E-state index contributed by atoms with van der Waals surface area (Å²) in [7, 11) is 0. The number of rotatable bonds is 5. The molecule has 5 nitrogen and oxygen atoms in total. The van der Waals surface area contributed by atoms with E-state index in [0.29, 0.717) is 11.1 Å². The van der Waals surface area contributed by atoms with Gasteiger partial charge in [0, 0.05) is 12.1 Å². The largest absolute Gasteiger partial charge is 0.446 e. The van der Waals surface area contributed by atoms with Gasteiger partial charge in [-0.1, -0.05) is 12.1 Å². The van der Waals surface area contributed by atoms with Gasteiger partial charge in [0.2, 0.25) is 0 Å². The molecule has 2 aromatic carbocycles. The molecule has 4 N–H and O–H groups in total. The van der Waals surface area contributed by atoms with Crippen LogP contribution in [0.1, 0.15) is 29.5 Å². The zero-order chi connectivity index (χ0) is 18.8. The van der Waals surface area contributed by atoms with E-state index in [9.17, 15) is 13.6 Å². The van der Waals surface area contributed by atoms with Crippen LogP contribution in [0, 0.1) is 25.5 Å². The van der Waals surface area contributed by atoms with Crippen molar-refractivity contribution >= 4 is 23.2 Å². The van der Waals surface area contributed by atoms with Gasteiger partial charge in [-0.25, -0.2) is 13.6 Å². The van der Waals surface area contributed by atoms with Gasteiger partial charge in [-0.3, -0.25) is 5.32 Å². The molecule has 138 valence electrons. The van der Waals surface area contributed by atoms with Crippen LogP contribution in [0.4, 0.5) is 30.6 Å². The minimum atomic E-state index is -0.695. The average molecular weight is 361 g/mol. The van der Waals surface area contributed by atoms with Crippen molar-refractivity contribution in [3.63, 3.8) is 0 Å². The Bertz CT molecular complexity index is 851. The summed E-state index contributed by atoms with van der Waals surface area (Å²) in [6.07, 6.45) is 0.969. The number of amides is 1. The summed E-state index contributed by atoms with van der Waals surface area (Å²) in [5, 5.41) is 5.35. The standard InChI is InChI=1S/C19H21F2N3O2/c1-10-3-4-12(14(20)7-10)9-23-18-11(2)8-15(17(22)16(18)21)24-19(25)26-13-5-6-13/h3-4,7-8,13,23H,5-6,9,22H2,1-2H3,(H,24,25). The van der Waals surface area contributed by atoms with Crippen molar-refractivity contribution in [1.29, 1.82) is 0 Å². The van der Waals surface area contributed by atoms with Gasteiger partial charge in [0.15, 0.2) is 5.82 Å². The molecule has 1 aliphatic rings. The summed E-state index contributed by atoms with van der Waals surface area (Å²) in [5.41, 5.74) is 7.69. The molecule has 0 saturated heterocycles. The Morgan fingerprint density at radius 2 is 2.00 bits per heavy atom. The first-order valence-electron chi connectivity index (χ1n) is 8.40. The van der Waals surface area contributed by atoms with Crippen molar-refractivity contribution in [3.05, 3.63) is 52.6 Å². The Hall–Kier alpha value is -2.83. The van der Waals surface area contributed by atoms with Gasteiger partial charge in [-0.2, -0.15) is 0 Å². The fourth-order valence-corrected chi connectivity index (χ4v) is 2.57. The summed E-state index contributed by atoms with van der Waals surface area (Å²) in [5.74, 6) is -1.05. The van der Waals surface area contributed by atoms with E-state index in [4.69, 9.17) is 10.5 Å². The lowest BCUT2D eigenvalue weighted by molar-refractivity contribution is 0.154. The Morgan fingerprint density at radius 3 is 2.65 bits per heavy atom. The van der Waals surface area contributed by atoms with Gasteiger partial charge in [0.05, 0.1) is 17.1 Å². The number of carbonyl (C=O) groups excluding carboxylic acids is 1. The van der Waals surface area contributed by atoms with Crippen LogP contribution in [0.15, 0.2) is 24.3 Å². The molecule has 0 spiro atoms. The summed E-state index contributed by atoms with van der Waals surface area (Å²) < 4.78 is 33.6.